The highest BCUT2D eigenvalue weighted by atomic mass is 35.5. The number of benzene rings is 3. The molecule has 166 valence electrons. The number of carbonyl (C=O) groups excluding carboxylic acids is 1. The van der Waals surface area contributed by atoms with Gasteiger partial charge in [-0.25, -0.2) is 0 Å². The van der Waals surface area contributed by atoms with Gasteiger partial charge >= 0.3 is 0 Å². The normalized spacial score (nSPS) is 11.1. The Morgan fingerprint density at radius 2 is 1.76 bits per heavy atom. The molecule has 0 unspecified atom stereocenters. The molecule has 4 rings (SSSR count). The Morgan fingerprint density at radius 1 is 1.03 bits per heavy atom. The molecule has 0 saturated heterocycles. The molecule has 0 bridgehead atoms. The van der Waals surface area contributed by atoms with Crippen LogP contribution < -0.4 is 5.32 Å². The lowest BCUT2D eigenvalue weighted by Gasteiger charge is -2.10. The van der Waals surface area contributed by atoms with E-state index in [1.807, 2.05) is 55.5 Å². The molecule has 5 nitrogen and oxygen atoms in total. The van der Waals surface area contributed by atoms with Crippen LogP contribution in [0.25, 0.3) is 17.0 Å². The first kappa shape index (κ1) is 23.1. The number of rotatable bonds is 5. The Balaban J connectivity index is 1.77. The number of fused-ring (bicyclic) bond motifs is 1. The highest BCUT2D eigenvalue weighted by Crippen LogP contribution is 2.31. The minimum atomic E-state index is -0.585. The van der Waals surface area contributed by atoms with Crippen molar-refractivity contribution in [3.05, 3.63) is 105 Å². The van der Waals surface area contributed by atoms with Crippen LogP contribution in [0, 0.1) is 29.6 Å². The molecular formula is C27H18Cl2N4O. The zero-order valence-corrected chi connectivity index (χ0v) is 19.7. The van der Waals surface area contributed by atoms with E-state index >= 15 is 0 Å². The molecule has 1 heterocycles. The Hall–Kier alpha value is -4.03. The molecule has 0 fully saturated rings. The highest BCUT2D eigenvalue weighted by Gasteiger charge is 2.18. The molecule has 1 N–H and O–H groups in total. The van der Waals surface area contributed by atoms with Gasteiger partial charge in [0.2, 0.25) is 0 Å². The maximum atomic E-state index is 12.9. The van der Waals surface area contributed by atoms with Crippen molar-refractivity contribution in [2.75, 3.05) is 5.32 Å². The van der Waals surface area contributed by atoms with E-state index in [0.717, 1.165) is 27.7 Å². The first-order valence-electron chi connectivity index (χ1n) is 10.4. The van der Waals surface area contributed by atoms with Crippen molar-refractivity contribution in [2.45, 2.75) is 13.5 Å². The molecular weight excluding hydrogens is 467 g/mol. The quantitative estimate of drug-likeness (QED) is 0.252. The number of hydrogen-bond acceptors (Lipinski definition) is 3. The number of anilines is 1. The molecule has 0 radical (unpaired) electrons. The Morgan fingerprint density at radius 3 is 2.53 bits per heavy atom. The molecule has 0 spiro atoms. The number of amides is 1. The predicted octanol–water partition coefficient (Wildman–Crippen LogP) is 6.72. The summed E-state index contributed by atoms with van der Waals surface area (Å²) in [6.45, 7) is 2.41. The van der Waals surface area contributed by atoms with Crippen LogP contribution in [0.5, 0.6) is 0 Å². The third-order valence-corrected chi connectivity index (χ3v) is 6.42. The first-order valence-corrected chi connectivity index (χ1v) is 11.1. The molecule has 1 aromatic heterocycles. The predicted molar refractivity (Wildman–Crippen MR) is 136 cm³/mol. The van der Waals surface area contributed by atoms with E-state index in [0.29, 0.717) is 22.8 Å². The number of nitrogens with zero attached hydrogens (tertiary/aromatic N) is 3. The van der Waals surface area contributed by atoms with E-state index in [4.69, 9.17) is 23.2 Å². The van der Waals surface area contributed by atoms with Crippen molar-refractivity contribution in [3.63, 3.8) is 0 Å². The topological polar surface area (TPSA) is 81.6 Å². The van der Waals surface area contributed by atoms with Gasteiger partial charge in [-0.15, -0.1) is 0 Å². The van der Waals surface area contributed by atoms with E-state index < -0.39 is 5.91 Å². The van der Waals surface area contributed by atoms with Gasteiger partial charge in [0.05, 0.1) is 27.4 Å². The second-order valence-electron chi connectivity index (χ2n) is 7.60. The average molecular weight is 485 g/mol. The van der Waals surface area contributed by atoms with E-state index in [1.54, 1.807) is 30.3 Å². The zero-order valence-electron chi connectivity index (χ0n) is 18.1. The van der Waals surface area contributed by atoms with Gasteiger partial charge in [0.25, 0.3) is 5.91 Å². The maximum absolute atomic E-state index is 12.9. The van der Waals surface area contributed by atoms with Gasteiger partial charge in [-0.2, -0.15) is 10.5 Å². The molecule has 4 aromatic rings. The lowest BCUT2D eigenvalue weighted by Crippen LogP contribution is -2.14. The third-order valence-electron chi connectivity index (χ3n) is 5.60. The van der Waals surface area contributed by atoms with Crippen molar-refractivity contribution in [3.8, 4) is 12.1 Å². The lowest BCUT2D eigenvalue weighted by atomic mass is 10.1. The molecule has 3 aromatic carbocycles. The largest absolute Gasteiger partial charge is 0.340 e. The molecule has 1 amide bonds. The fourth-order valence-electron chi connectivity index (χ4n) is 3.86. The van der Waals surface area contributed by atoms with Crippen LogP contribution in [0.4, 0.5) is 5.69 Å². The van der Waals surface area contributed by atoms with Crippen LogP contribution in [0.3, 0.4) is 0 Å². The summed E-state index contributed by atoms with van der Waals surface area (Å²) in [5.41, 5.74) is 4.32. The van der Waals surface area contributed by atoms with Crippen LogP contribution in [0.1, 0.15) is 22.4 Å². The molecule has 0 saturated carbocycles. The number of aromatic nitrogens is 1. The van der Waals surface area contributed by atoms with Gasteiger partial charge in [-0.1, -0.05) is 65.7 Å². The van der Waals surface area contributed by atoms with Crippen molar-refractivity contribution < 1.29 is 4.79 Å². The fourth-order valence-corrected chi connectivity index (χ4v) is 4.21. The summed E-state index contributed by atoms with van der Waals surface area (Å²) in [6.07, 6.45) is 1.58. The molecule has 0 aliphatic rings. The smallest absolute Gasteiger partial charge is 0.266 e. The van der Waals surface area contributed by atoms with Crippen molar-refractivity contribution >= 4 is 51.8 Å². The zero-order chi connectivity index (χ0) is 24.2. The molecule has 34 heavy (non-hydrogen) atoms. The van der Waals surface area contributed by atoms with Gasteiger partial charge in [0, 0.05) is 28.7 Å². The summed E-state index contributed by atoms with van der Waals surface area (Å²) in [7, 11) is 0. The third kappa shape index (κ3) is 4.40. The standard InChI is InChI=1S/C27H18Cl2N4O/c1-17-22(13-20(15-31)27(34)32-24-11-6-10-23(28)26(24)29)21-9-4-5-12-25(21)33(17)16-19-8-3-2-7-18(19)14-30/h2-13H,16H2,1H3,(H,32,34)/b20-13+. The number of hydrogen-bond donors (Lipinski definition) is 1. The highest BCUT2D eigenvalue weighted by molar-refractivity contribution is 6.44. The minimum absolute atomic E-state index is 0.0699. The molecule has 7 heteroatoms. The van der Waals surface area contributed by atoms with Crippen LogP contribution in [0.15, 0.2) is 72.3 Å². The number of nitrogens with one attached hydrogen (secondary N) is 1. The van der Waals surface area contributed by atoms with Crippen molar-refractivity contribution in [1.82, 2.24) is 4.57 Å². The summed E-state index contributed by atoms with van der Waals surface area (Å²) in [6, 6.07) is 24.3. The van der Waals surface area contributed by atoms with Crippen LogP contribution in [-0.4, -0.2) is 10.5 Å². The lowest BCUT2D eigenvalue weighted by molar-refractivity contribution is -0.112. The summed E-state index contributed by atoms with van der Waals surface area (Å²) in [4.78, 5) is 12.9. The van der Waals surface area contributed by atoms with Gasteiger partial charge in [-0.05, 0) is 42.8 Å². The number of nitriles is 2. The first-order chi connectivity index (χ1) is 16.4. The molecule has 0 aliphatic heterocycles. The van der Waals surface area contributed by atoms with Crippen LogP contribution in [-0.2, 0) is 11.3 Å². The summed E-state index contributed by atoms with van der Waals surface area (Å²) < 4.78 is 2.08. The second-order valence-corrected chi connectivity index (χ2v) is 8.38. The Labute approximate surface area is 207 Å². The monoisotopic (exact) mass is 484 g/mol. The van der Waals surface area contributed by atoms with Crippen LogP contribution in [0.2, 0.25) is 10.0 Å². The molecule has 0 atom stereocenters. The average Bonchev–Trinajstić information content (AvgIpc) is 3.11. The van der Waals surface area contributed by atoms with Gasteiger partial charge in [0.15, 0.2) is 0 Å². The summed E-state index contributed by atoms with van der Waals surface area (Å²) >= 11 is 12.2. The Bertz CT molecular complexity index is 1540. The van der Waals surface area contributed by atoms with Gasteiger partial charge in [0.1, 0.15) is 11.6 Å². The van der Waals surface area contributed by atoms with E-state index in [-0.39, 0.29) is 10.6 Å². The van der Waals surface area contributed by atoms with E-state index in [1.165, 1.54) is 0 Å². The van der Waals surface area contributed by atoms with Gasteiger partial charge < -0.3 is 9.88 Å². The summed E-state index contributed by atoms with van der Waals surface area (Å²) in [5, 5.41) is 23.3. The van der Waals surface area contributed by atoms with E-state index in [9.17, 15) is 15.3 Å². The van der Waals surface area contributed by atoms with Gasteiger partial charge in [-0.3, -0.25) is 4.79 Å². The van der Waals surface area contributed by atoms with Crippen molar-refractivity contribution in [1.29, 1.82) is 10.5 Å². The van der Waals surface area contributed by atoms with E-state index in [2.05, 4.69) is 16.0 Å². The number of para-hydroxylation sites is 1. The second kappa shape index (κ2) is 9.85. The maximum Gasteiger partial charge on any atom is 0.266 e. The molecule has 0 aliphatic carbocycles. The SMILES string of the molecule is Cc1c(/C=C(\C#N)C(=O)Nc2cccc(Cl)c2Cl)c2ccccc2n1Cc1ccccc1C#N. The summed E-state index contributed by atoms with van der Waals surface area (Å²) in [5.74, 6) is -0.585. The number of carbonyl (C=O) groups is 1. The number of halogens is 2. The minimum Gasteiger partial charge on any atom is -0.340 e. The Kier molecular flexibility index (Phi) is 6.70. The fraction of sp³-hybridized carbons (Fsp3) is 0.0741. The van der Waals surface area contributed by atoms with Crippen LogP contribution >= 0.6 is 23.2 Å². The van der Waals surface area contributed by atoms with Crippen molar-refractivity contribution in [2.24, 2.45) is 0 Å².